The number of hydrogen-bond acceptors (Lipinski definition) is 5. The number of fused-ring (bicyclic) bond motifs is 2. The van der Waals surface area contributed by atoms with Crippen LogP contribution in [0.15, 0.2) is 29.2 Å². The highest BCUT2D eigenvalue weighted by atomic mass is 35.5. The molecule has 11 heteroatoms. The molecular formula is C22H24Cl2FN3O5. The van der Waals surface area contributed by atoms with Crippen molar-refractivity contribution in [3.8, 4) is 5.75 Å². The highest BCUT2D eigenvalue weighted by Crippen LogP contribution is 2.45. The lowest BCUT2D eigenvalue weighted by Crippen LogP contribution is -2.61. The van der Waals surface area contributed by atoms with E-state index in [1.54, 1.807) is 13.1 Å². The Labute approximate surface area is 200 Å². The van der Waals surface area contributed by atoms with Crippen LogP contribution in [0.2, 0.25) is 5.02 Å². The quantitative estimate of drug-likeness (QED) is 0.658. The van der Waals surface area contributed by atoms with Gasteiger partial charge in [0.25, 0.3) is 11.8 Å². The molecule has 0 atom stereocenters. The SMILES string of the molecule is CCO[C@H]1C[C@@]2(CN(C)C(=O)c3c(O)c(=O)c(C(=O)NCc4cccc(Cl)c4F)cn32)C1.Cl. The summed E-state index contributed by atoms with van der Waals surface area (Å²) in [7, 11) is 1.60. The van der Waals surface area contributed by atoms with E-state index in [9.17, 15) is 23.9 Å². The van der Waals surface area contributed by atoms with Crippen molar-refractivity contribution in [2.45, 2.75) is 38.0 Å². The number of likely N-dealkylation sites (N-methyl/N-ethyl adjacent to an activating group) is 1. The predicted octanol–water partition coefficient (Wildman–Crippen LogP) is 2.68. The van der Waals surface area contributed by atoms with Gasteiger partial charge in [-0.15, -0.1) is 12.4 Å². The van der Waals surface area contributed by atoms with Crippen molar-refractivity contribution in [1.82, 2.24) is 14.8 Å². The fourth-order valence-electron chi connectivity index (χ4n) is 4.53. The number of halogens is 3. The highest BCUT2D eigenvalue weighted by molar-refractivity contribution is 6.30. The van der Waals surface area contributed by atoms with Gasteiger partial charge in [0.15, 0.2) is 11.4 Å². The first-order valence-corrected chi connectivity index (χ1v) is 10.6. The zero-order valence-corrected chi connectivity index (χ0v) is 19.6. The maximum Gasteiger partial charge on any atom is 0.274 e. The second kappa shape index (κ2) is 9.32. The van der Waals surface area contributed by atoms with E-state index in [1.807, 2.05) is 6.92 Å². The summed E-state index contributed by atoms with van der Waals surface area (Å²) in [6.07, 6.45) is 2.44. The van der Waals surface area contributed by atoms with Crippen LogP contribution >= 0.6 is 24.0 Å². The van der Waals surface area contributed by atoms with Crippen LogP contribution < -0.4 is 10.7 Å². The Bertz CT molecular complexity index is 1160. The van der Waals surface area contributed by atoms with Crippen LogP contribution in [0.5, 0.6) is 5.75 Å². The zero-order chi connectivity index (χ0) is 23.2. The molecule has 1 aliphatic heterocycles. The van der Waals surface area contributed by atoms with Gasteiger partial charge in [0.1, 0.15) is 11.4 Å². The molecule has 33 heavy (non-hydrogen) atoms. The molecule has 0 bridgehead atoms. The average molecular weight is 500 g/mol. The van der Waals surface area contributed by atoms with E-state index in [2.05, 4.69) is 5.32 Å². The maximum absolute atomic E-state index is 14.1. The second-order valence-electron chi connectivity index (χ2n) is 8.21. The van der Waals surface area contributed by atoms with E-state index in [0.29, 0.717) is 26.0 Å². The van der Waals surface area contributed by atoms with Gasteiger partial charge in [-0.1, -0.05) is 23.7 Å². The number of carbonyl (C=O) groups is 2. The molecule has 4 rings (SSSR count). The molecule has 1 saturated carbocycles. The summed E-state index contributed by atoms with van der Waals surface area (Å²) in [6.45, 7) is 2.60. The monoisotopic (exact) mass is 499 g/mol. The topological polar surface area (TPSA) is 101 Å². The number of carbonyl (C=O) groups excluding carboxylic acids is 2. The Balaban J connectivity index is 0.00000306. The molecule has 178 valence electrons. The Hall–Kier alpha value is -2.62. The predicted molar refractivity (Wildman–Crippen MR) is 122 cm³/mol. The number of aromatic nitrogens is 1. The van der Waals surface area contributed by atoms with Gasteiger partial charge in [-0.2, -0.15) is 0 Å². The lowest BCUT2D eigenvalue weighted by molar-refractivity contribution is -0.0825. The molecule has 2 heterocycles. The van der Waals surface area contributed by atoms with Crippen molar-refractivity contribution in [2.24, 2.45) is 0 Å². The minimum atomic E-state index is -0.959. The molecule has 1 fully saturated rings. The average Bonchev–Trinajstić information content (AvgIpc) is 2.73. The van der Waals surface area contributed by atoms with Crippen molar-refractivity contribution in [2.75, 3.05) is 20.2 Å². The molecule has 2 aromatic rings. The first-order chi connectivity index (χ1) is 15.2. The smallest absolute Gasteiger partial charge is 0.274 e. The van der Waals surface area contributed by atoms with E-state index < -0.39 is 34.3 Å². The number of nitrogens with zero attached hydrogens (tertiary/aromatic N) is 2. The van der Waals surface area contributed by atoms with E-state index >= 15 is 0 Å². The third-order valence-corrected chi connectivity index (χ3v) is 6.40. The minimum absolute atomic E-state index is 0. The Morgan fingerprint density at radius 2 is 2.06 bits per heavy atom. The number of rotatable bonds is 5. The first kappa shape index (κ1) is 25.0. The standard InChI is InChI=1S/C22H23ClFN3O5.ClH/c1-3-32-13-7-22(8-13)11-26(2)21(31)17-19(29)18(28)14(10-27(17)22)20(30)25-9-12-5-4-6-15(23)16(12)24;/h4-6,10,13,29H,3,7-9,11H2,1-2H3,(H,25,30);1H/t13-,22-;. The molecule has 1 aromatic carbocycles. The molecule has 0 radical (unpaired) electrons. The van der Waals surface area contributed by atoms with Crippen molar-refractivity contribution in [1.29, 1.82) is 0 Å². The lowest BCUT2D eigenvalue weighted by Gasteiger charge is -2.53. The third-order valence-electron chi connectivity index (χ3n) is 6.11. The number of ether oxygens (including phenoxy) is 1. The van der Waals surface area contributed by atoms with Crippen LogP contribution in [0.1, 0.15) is 46.2 Å². The summed E-state index contributed by atoms with van der Waals surface area (Å²) in [5.41, 5.74) is -1.86. The van der Waals surface area contributed by atoms with Gasteiger partial charge in [-0.25, -0.2) is 4.39 Å². The Morgan fingerprint density at radius 1 is 1.36 bits per heavy atom. The van der Waals surface area contributed by atoms with E-state index in [-0.39, 0.29) is 46.9 Å². The van der Waals surface area contributed by atoms with E-state index in [0.717, 1.165) is 0 Å². The largest absolute Gasteiger partial charge is 0.503 e. The van der Waals surface area contributed by atoms with Gasteiger partial charge in [-0.05, 0) is 25.8 Å². The third kappa shape index (κ3) is 4.20. The number of benzene rings is 1. The summed E-state index contributed by atoms with van der Waals surface area (Å²) in [5, 5.41) is 13.0. The Kier molecular flexibility index (Phi) is 7.07. The molecular weight excluding hydrogens is 476 g/mol. The molecule has 1 spiro atoms. The number of hydrogen-bond donors (Lipinski definition) is 2. The Morgan fingerprint density at radius 3 is 2.73 bits per heavy atom. The molecule has 1 aromatic heterocycles. The van der Waals surface area contributed by atoms with Crippen LogP contribution in [-0.4, -0.2) is 52.7 Å². The number of amides is 2. The van der Waals surface area contributed by atoms with Crippen LogP contribution in [0.3, 0.4) is 0 Å². The van der Waals surface area contributed by atoms with Gasteiger partial charge in [0.2, 0.25) is 5.43 Å². The van der Waals surface area contributed by atoms with Crippen LogP contribution in [0.4, 0.5) is 4.39 Å². The van der Waals surface area contributed by atoms with Crippen molar-refractivity contribution >= 4 is 35.8 Å². The normalized spacial score (nSPS) is 21.3. The summed E-state index contributed by atoms with van der Waals surface area (Å²) in [6, 6.07) is 4.39. The van der Waals surface area contributed by atoms with Crippen molar-refractivity contribution < 1.29 is 23.8 Å². The minimum Gasteiger partial charge on any atom is -0.503 e. The van der Waals surface area contributed by atoms with E-state index in [4.69, 9.17) is 16.3 Å². The summed E-state index contributed by atoms with van der Waals surface area (Å²) in [5.74, 6) is -2.73. The van der Waals surface area contributed by atoms with Gasteiger partial charge < -0.3 is 24.6 Å². The molecule has 0 saturated heterocycles. The fourth-order valence-corrected chi connectivity index (χ4v) is 4.73. The van der Waals surface area contributed by atoms with Gasteiger partial charge in [0.05, 0.1) is 16.7 Å². The summed E-state index contributed by atoms with van der Waals surface area (Å²) in [4.78, 5) is 39.7. The number of pyridine rings is 1. The molecule has 8 nitrogen and oxygen atoms in total. The summed E-state index contributed by atoms with van der Waals surface area (Å²) < 4.78 is 21.3. The van der Waals surface area contributed by atoms with Crippen molar-refractivity contribution in [3.63, 3.8) is 0 Å². The maximum atomic E-state index is 14.1. The van der Waals surface area contributed by atoms with Gasteiger partial charge >= 0.3 is 0 Å². The van der Waals surface area contributed by atoms with Crippen LogP contribution in [0, 0.1) is 5.82 Å². The fraction of sp³-hybridized carbons (Fsp3) is 0.409. The van der Waals surface area contributed by atoms with Gasteiger partial charge in [0, 0.05) is 38.5 Å². The molecule has 2 amide bonds. The zero-order valence-electron chi connectivity index (χ0n) is 18.1. The van der Waals surface area contributed by atoms with E-state index in [1.165, 1.54) is 27.8 Å². The first-order valence-electron chi connectivity index (χ1n) is 10.3. The summed E-state index contributed by atoms with van der Waals surface area (Å²) >= 11 is 5.76. The number of aromatic hydroxyl groups is 1. The van der Waals surface area contributed by atoms with Crippen LogP contribution in [-0.2, 0) is 16.8 Å². The number of nitrogens with one attached hydrogen (secondary N) is 1. The molecule has 0 unspecified atom stereocenters. The van der Waals surface area contributed by atoms with Gasteiger partial charge in [-0.3, -0.25) is 14.4 Å². The van der Waals surface area contributed by atoms with Crippen LogP contribution in [0.25, 0.3) is 0 Å². The van der Waals surface area contributed by atoms with Crippen molar-refractivity contribution in [3.05, 3.63) is 62.3 Å². The molecule has 1 aliphatic carbocycles. The molecule has 2 aliphatic rings. The second-order valence-corrected chi connectivity index (χ2v) is 8.61. The lowest BCUT2D eigenvalue weighted by atomic mass is 9.72. The highest BCUT2D eigenvalue weighted by Gasteiger charge is 2.52. The molecule has 2 N–H and O–H groups in total.